The molecule has 1 fully saturated rings. The molecule has 14 heavy (non-hydrogen) atoms. The number of imidazole rings is 1. The van der Waals surface area contributed by atoms with Crippen molar-refractivity contribution in [1.29, 1.82) is 0 Å². The standard InChI is InChI=1S/C9H16N4O/c1-12-5-8(4-9(12)6-14-10)13-3-2-11-7-13/h2-3,7-9H,4-6,10H2,1H3/t8-,9+/m0/s1. The molecule has 0 bridgehead atoms. The summed E-state index contributed by atoms with van der Waals surface area (Å²) in [5.74, 6) is 5.09. The quantitative estimate of drug-likeness (QED) is 0.692. The van der Waals surface area contributed by atoms with E-state index in [1.54, 1.807) is 0 Å². The average molecular weight is 196 g/mol. The summed E-state index contributed by atoms with van der Waals surface area (Å²) in [7, 11) is 2.10. The van der Waals surface area contributed by atoms with Gasteiger partial charge in [0.2, 0.25) is 0 Å². The minimum atomic E-state index is 0.424. The number of hydrogen-bond donors (Lipinski definition) is 1. The Labute approximate surface area is 83.4 Å². The molecule has 5 nitrogen and oxygen atoms in total. The molecule has 1 aliphatic heterocycles. The van der Waals surface area contributed by atoms with Crippen LogP contribution in [0.2, 0.25) is 0 Å². The summed E-state index contributed by atoms with van der Waals surface area (Å²) in [6, 6.07) is 0.926. The highest BCUT2D eigenvalue weighted by Crippen LogP contribution is 2.25. The molecule has 1 aromatic rings. The van der Waals surface area contributed by atoms with Crippen LogP contribution in [0.5, 0.6) is 0 Å². The third kappa shape index (κ3) is 1.79. The molecule has 0 unspecified atom stereocenters. The van der Waals surface area contributed by atoms with Gasteiger partial charge >= 0.3 is 0 Å². The zero-order valence-electron chi connectivity index (χ0n) is 8.34. The second-order valence-corrected chi connectivity index (χ2v) is 3.83. The van der Waals surface area contributed by atoms with Gasteiger partial charge in [-0.2, -0.15) is 0 Å². The molecular weight excluding hydrogens is 180 g/mol. The Kier molecular flexibility index (Phi) is 2.81. The molecule has 5 heteroatoms. The van der Waals surface area contributed by atoms with Crippen LogP contribution in [0.3, 0.4) is 0 Å². The van der Waals surface area contributed by atoms with Crippen LogP contribution in [0.15, 0.2) is 18.7 Å². The number of nitrogens with two attached hydrogens (primary N) is 1. The highest BCUT2D eigenvalue weighted by Gasteiger charge is 2.30. The van der Waals surface area contributed by atoms with Crippen molar-refractivity contribution in [2.24, 2.45) is 5.90 Å². The highest BCUT2D eigenvalue weighted by molar-refractivity contribution is 4.90. The zero-order chi connectivity index (χ0) is 9.97. The minimum absolute atomic E-state index is 0.424. The summed E-state index contributed by atoms with van der Waals surface area (Å²) in [4.78, 5) is 11.0. The van der Waals surface area contributed by atoms with Gasteiger partial charge in [-0.25, -0.2) is 10.9 Å². The van der Waals surface area contributed by atoms with Gasteiger partial charge in [0.05, 0.1) is 12.9 Å². The third-order valence-electron chi connectivity index (χ3n) is 2.90. The van der Waals surface area contributed by atoms with Crippen LogP contribution in [0.4, 0.5) is 0 Å². The predicted octanol–water partition coefficient (Wildman–Crippen LogP) is 0.0186. The van der Waals surface area contributed by atoms with Crippen LogP contribution < -0.4 is 5.90 Å². The summed E-state index contributed by atoms with van der Waals surface area (Å²) >= 11 is 0. The lowest BCUT2D eigenvalue weighted by molar-refractivity contribution is 0.0870. The first kappa shape index (κ1) is 9.64. The normalized spacial score (nSPS) is 28.4. The second kappa shape index (κ2) is 4.08. The third-order valence-corrected chi connectivity index (χ3v) is 2.90. The Morgan fingerprint density at radius 3 is 3.14 bits per heavy atom. The van der Waals surface area contributed by atoms with E-state index in [-0.39, 0.29) is 0 Å². The first-order chi connectivity index (χ1) is 6.81. The summed E-state index contributed by atoms with van der Waals surface area (Å²) in [5.41, 5.74) is 0. The first-order valence-electron chi connectivity index (χ1n) is 4.80. The van der Waals surface area contributed by atoms with Gasteiger partial charge in [-0.3, -0.25) is 4.90 Å². The van der Waals surface area contributed by atoms with Gasteiger partial charge in [0, 0.05) is 31.0 Å². The van der Waals surface area contributed by atoms with Gasteiger partial charge in [0.1, 0.15) is 0 Å². The monoisotopic (exact) mass is 196 g/mol. The van der Waals surface area contributed by atoms with Crippen LogP contribution in [0, 0.1) is 0 Å². The van der Waals surface area contributed by atoms with Crippen LogP contribution in [-0.2, 0) is 4.84 Å². The number of nitrogens with zero attached hydrogens (tertiary/aromatic N) is 3. The summed E-state index contributed by atoms with van der Waals surface area (Å²) in [5, 5.41) is 0. The van der Waals surface area contributed by atoms with Crippen LogP contribution in [0.1, 0.15) is 12.5 Å². The molecule has 1 saturated heterocycles. The van der Waals surface area contributed by atoms with E-state index in [4.69, 9.17) is 10.7 Å². The second-order valence-electron chi connectivity index (χ2n) is 3.83. The molecule has 1 aromatic heterocycles. The Morgan fingerprint density at radius 1 is 1.64 bits per heavy atom. The lowest BCUT2D eigenvalue weighted by Crippen LogP contribution is -2.30. The number of likely N-dealkylation sites (tertiary alicyclic amines) is 1. The number of rotatable bonds is 3. The molecule has 78 valence electrons. The minimum Gasteiger partial charge on any atom is -0.333 e. The topological polar surface area (TPSA) is 56.3 Å². The fraction of sp³-hybridized carbons (Fsp3) is 0.667. The molecule has 0 aromatic carbocycles. The van der Waals surface area contributed by atoms with Crippen molar-refractivity contribution in [1.82, 2.24) is 14.5 Å². The lowest BCUT2D eigenvalue weighted by atomic mass is 10.2. The van der Waals surface area contributed by atoms with Crippen molar-refractivity contribution in [3.63, 3.8) is 0 Å². The van der Waals surface area contributed by atoms with E-state index in [9.17, 15) is 0 Å². The van der Waals surface area contributed by atoms with Gasteiger partial charge in [-0.05, 0) is 13.5 Å². The van der Waals surface area contributed by atoms with E-state index in [1.807, 2.05) is 18.7 Å². The van der Waals surface area contributed by atoms with Crippen molar-refractivity contribution in [2.45, 2.75) is 18.5 Å². The Morgan fingerprint density at radius 2 is 2.50 bits per heavy atom. The molecule has 0 aliphatic carbocycles. The molecule has 2 atom stereocenters. The summed E-state index contributed by atoms with van der Waals surface area (Å²) < 4.78 is 2.15. The molecule has 0 radical (unpaired) electrons. The Bertz CT molecular complexity index is 274. The summed E-state index contributed by atoms with van der Waals surface area (Å²) in [6.45, 7) is 1.63. The van der Waals surface area contributed by atoms with Gasteiger partial charge in [-0.1, -0.05) is 0 Å². The van der Waals surface area contributed by atoms with Gasteiger partial charge in [0.25, 0.3) is 0 Å². The van der Waals surface area contributed by atoms with Crippen molar-refractivity contribution in [3.05, 3.63) is 18.7 Å². The van der Waals surface area contributed by atoms with Crippen molar-refractivity contribution in [3.8, 4) is 0 Å². The van der Waals surface area contributed by atoms with Gasteiger partial charge < -0.3 is 9.40 Å². The SMILES string of the molecule is CN1C[C@@H](n2ccnc2)C[C@@H]1CON. The average Bonchev–Trinajstić information content (AvgIpc) is 2.76. The van der Waals surface area contributed by atoms with Crippen molar-refractivity contribution < 1.29 is 4.84 Å². The maximum atomic E-state index is 5.09. The van der Waals surface area contributed by atoms with Crippen molar-refractivity contribution >= 4 is 0 Å². The fourth-order valence-electron chi connectivity index (χ4n) is 2.06. The molecule has 0 saturated carbocycles. The fourth-order valence-corrected chi connectivity index (χ4v) is 2.06. The molecule has 0 spiro atoms. The smallest absolute Gasteiger partial charge is 0.0948 e. The molecular formula is C9H16N4O. The van der Waals surface area contributed by atoms with Gasteiger partial charge in [0.15, 0.2) is 0 Å². The molecule has 1 aliphatic rings. The maximum absolute atomic E-state index is 5.09. The van der Waals surface area contributed by atoms with E-state index < -0.39 is 0 Å². The van der Waals surface area contributed by atoms with E-state index in [0.717, 1.165) is 13.0 Å². The highest BCUT2D eigenvalue weighted by atomic mass is 16.6. The van der Waals surface area contributed by atoms with Crippen LogP contribution in [0.25, 0.3) is 0 Å². The number of hydrogen-bond acceptors (Lipinski definition) is 4. The van der Waals surface area contributed by atoms with E-state index in [2.05, 4.69) is 21.5 Å². The van der Waals surface area contributed by atoms with Crippen molar-refractivity contribution in [2.75, 3.05) is 20.2 Å². The Hall–Kier alpha value is -0.910. The predicted molar refractivity (Wildman–Crippen MR) is 52.4 cm³/mol. The number of likely N-dealkylation sites (N-methyl/N-ethyl adjacent to an activating group) is 1. The zero-order valence-corrected chi connectivity index (χ0v) is 8.34. The molecule has 2 rings (SSSR count). The Balaban J connectivity index is 1.99. The summed E-state index contributed by atoms with van der Waals surface area (Å²) in [6.07, 6.45) is 6.76. The van der Waals surface area contributed by atoms with E-state index >= 15 is 0 Å². The largest absolute Gasteiger partial charge is 0.333 e. The molecule has 2 N–H and O–H groups in total. The first-order valence-corrected chi connectivity index (χ1v) is 4.80. The molecule has 0 amide bonds. The number of aromatic nitrogens is 2. The van der Waals surface area contributed by atoms with E-state index in [0.29, 0.717) is 18.7 Å². The van der Waals surface area contributed by atoms with Crippen LogP contribution in [-0.4, -0.2) is 40.7 Å². The van der Waals surface area contributed by atoms with E-state index in [1.165, 1.54) is 0 Å². The maximum Gasteiger partial charge on any atom is 0.0948 e. The molecule has 2 heterocycles. The lowest BCUT2D eigenvalue weighted by Gasteiger charge is -2.16. The van der Waals surface area contributed by atoms with Crippen LogP contribution >= 0.6 is 0 Å². The van der Waals surface area contributed by atoms with Gasteiger partial charge in [-0.15, -0.1) is 0 Å².